The van der Waals surface area contributed by atoms with Crippen molar-refractivity contribution in [3.63, 3.8) is 0 Å². The summed E-state index contributed by atoms with van der Waals surface area (Å²) in [4.78, 5) is 14.8. The number of nitrogens with zero attached hydrogens (tertiary/aromatic N) is 3. The van der Waals surface area contributed by atoms with Gasteiger partial charge in [-0.1, -0.05) is 128 Å². The van der Waals surface area contributed by atoms with Gasteiger partial charge in [0.2, 0.25) is 0 Å². The van der Waals surface area contributed by atoms with Crippen molar-refractivity contribution in [2.75, 3.05) is 32.4 Å². The van der Waals surface area contributed by atoms with Crippen molar-refractivity contribution in [1.29, 1.82) is 5.26 Å². The summed E-state index contributed by atoms with van der Waals surface area (Å²) in [7, 11) is -0.473. The average molecular weight is 762 g/mol. The van der Waals surface area contributed by atoms with E-state index in [-0.39, 0.29) is 25.4 Å². The molecule has 12 heteroatoms. The first kappa shape index (κ1) is 44.2. The Balaban J connectivity index is 1.32. The highest BCUT2D eigenvalue weighted by atomic mass is 35.5. The first-order chi connectivity index (χ1) is 25.4. The molecule has 0 radical (unpaired) electrons. The van der Waals surface area contributed by atoms with Crippen molar-refractivity contribution < 1.29 is 23.4 Å². The Morgan fingerprint density at radius 3 is 2.08 bits per heavy atom. The number of fused-ring (bicyclic) bond motifs is 1. The lowest BCUT2D eigenvalue weighted by molar-refractivity contribution is -0.00528. The third kappa shape index (κ3) is 18.2. The summed E-state index contributed by atoms with van der Waals surface area (Å²) in [6.45, 7) is 3.42. The SMILES string of the molecule is CCCCCCCCCCCCCCCCCCCC(COP(O)OCC(CCc1ccc2n1NCN=C2N)OC)OCc1cc(Cl)cc(C#N)c1. The number of hydrogen-bond donors (Lipinski definition) is 3. The average Bonchev–Trinajstić information content (AvgIpc) is 3.57. The minimum Gasteiger partial charge on any atom is -0.382 e. The van der Waals surface area contributed by atoms with Crippen molar-refractivity contribution in [3.05, 3.63) is 57.9 Å². The van der Waals surface area contributed by atoms with E-state index in [2.05, 4.69) is 23.4 Å². The van der Waals surface area contributed by atoms with Gasteiger partial charge in [0, 0.05) is 17.8 Å². The van der Waals surface area contributed by atoms with Gasteiger partial charge in [0.25, 0.3) is 0 Å². The molecule has 0 saturated carbocycles. The second kappa shape index (κ2) is 27.4. The van der Waals surface area contributed by atoms with Crippen molar-refractivity contribution in [3.8, 4) is 6.07 Å². The minimum absolute atomic E-state index is 0.202. The summed E-state index contributed by atoms with van der Waals surface area (Å²) in [5.74, 6) is 0.520. The zero-order valence-electron chi connectivity index (χ0n) is 31.8. The van der Waals surface area contributed by atoms with Gasteiger partial charge in [-0.3, -0.25) is 4.68 Å². The third-order valence-corrected chi connectivity index (χ3v) is 10.7. The van der Waals surface area contributed by atoms with Crippen LogP contribution in [0.4, 0.5) is 0 Å². The highest BCUT2D eigenvalue weighted by Gasteiger charge is 2.19. The number of aryl methyl sites for hydroxylation is 1. The maximum absolute atomic E-state index is 10.6. The second-order valence-electron chi connectivity index (χ2n) is 14.0. The Morgan fingerprint density at radius 2 is 1.48 bits per heavy atom. The van der Waals surface area contributed by atoms with E-state index in [0.29, 0.717) is 36.1 Å². The van der Waals surface area contributed by atoms with Gasteiger partial charge in [0.1, 0.15) is 18.2 Å². The van der Waals surface area contributed by atoms with Crippen LogP contribution in [0.2, 0.25) is 5.02 Å². The highest BCUT2D eigenvalue weighted by molar-refractivity contribution is 7.40. The fraction of sp³-hybridized carbons (Fsp3) is 0.700. The number of halogens is 1. The maximum atomic E-state index is 10.6. The Kier molecular flexibility index (Phi) is 23.3. The van der Waals surface area contributed by atoms with Crippen molar-refractivity contribution in [1.82, 2.24) is 4.68 Å². The van der Waals surface area contributed by atoms with Crippen LogP contribution >= 0.6 is 20.2 Å². The van der Waals surface area contributed by atoms with Crippen LogP contribution in [0.15, 0.2) is 35.3 Å². The molecule has 0 saturated heterocycles. The molecule has 0 spiro atoms. The first-order valence-corrected chi connectivity index (χ1v) is 21.3. The van der Waals surface area contributed by atoms with Gasteiger partial charge in [-0.05, 0) is 55.2 Å². The van der Waals surface area contributed by atoms with E-state index in [4.69, 9.17) is 35.9 Å². The second-order valence-corrected chi connectivity index (χ2v) is 15.4. The van der Waals surface area contributed by atoms with E-state index in [1.165, 1.54) is 96.3 Å². The lowest BCUT2D eigenvalue weighted by Gasteiger charge is -2.22. The van der Waals surface area contributed by atoms with Gasteiger partial charge in [-0.15, -0.1) is 0 Å². The summed E-state index contributed by atoms with van der Waals surface area (Å²) in [6, 6.07) is 11.4. The number of methoxy groups -OCH3 is 1. The number of nitriles is 1. The molecule has 1 aliphatic rings. The Labute approximate surface area is 319 Å². The number of nitrogens with one attached hydrogen (secondary N) is 1. The molecule has 0 fully saturated rings. The Hall–Kier alpha value is -2.22. The van der Waals surface area contributed by atoms with Crippen LogP contribution in [0.3, 0.4) is 0 Å². The number of hydrogen-bond acceptors (Lipinski definition) is 9. The summed E-state index contributed by atoms with van der Waals surface area (Å²) < 4.78 is 25.3. The molecule has 292 valence electrons. The van der Waals surface area contributed by atoms with Crippen LogP contribution in [0.1, 0.15) is 151 Å². The summed E-state index contributed by atoms with van der Waals surface area (Å²) in [5, 5.41) is 9.84. The number of unbranched alkanes of at least 4 members (excludes halogenated alkanes) is 16. The van der Waals surface area contributed by atoms with Crippen LogP contribution < -0.4 is 11.2 Å². The lowest BCUT2D eigenvalue weighted by atomic mass is 10.0. The molecule has 1 aromatic heterocycles. The van der Waals surface area contributed by atoms with Crippen LogP contribution in [0.5, 0.6) is 0 Å². The number of aliphatic imine (C=N–C) groups is 1. The zero-order chi connectivity index (χ0) is 37.2. The van der Waals surface area contributed by atoms with Crippen molar-refractivity contribution in [2.45, 2.75) is 154 Å². The summed E-state index contributed by atoms with van der Waals surface area (Å²) in [5.41, 5.74) is 12.5. The number of amidine groups is 1. The standard InChI is InChI=1S/C40H65ClN5O5P/c1-3-4-5-6-7-8-9-10-11-12-13-14-15-16-17-18-19-20-38(49-29-34-25-33(28-42)26-35(41)27-34)31-51-52(47)50-30-37(48-2)23-21-36-22-24-39-40(43)44-32-45-46(36)39/h22,24-27,37-38,45,47H,3-21,23,29-32H2,1-2H3,(H2,43,44). The van der Waals surface area contributed by atoms with E-state index in [0.717, 1.165) is 42.6 Å². The molecule has 2 aromatic rings. The Bertz CT molecular complexity index is 1320. The van der Waals surface area contributed by atoms with Gasteiger partial charge in [0.05, 0.1) is 43.7 Å². The van der Waals surface area contributed by atoms with Gasteiger partial charge in [-0.25, -0.2) is 4.99 Å². The van der Waals surface area contributed by atoms with E-state index < -0.39 is 8.60 Å². The molecular weight excluding hydrogens is 697 g/mol. The molecular formula is C40H65ClN5O5P. The summed E-state index contributed by atoms with van der Waals surface area (Å²) >= 11 is 6.22. The van der Waals surface area contributed by atoms with E-state index in [1.807, 2.05) is 22.9 Å². The predicted molar refractivity (Wildman–Crippen MR) is 213 cm³/mol. The van der Waals surface area contributed by atoms with E-state index in [1.54, 1.807) is 19.2 Å². The van der Waals surface area contributed by atoms with E-state index >= 15 is 0 Å². The minimum atomic E-state index is -2.11. The molecule has 3 rings (SSSR count). The number of ether oxygens (including phenoxy) is 2. The number of nitrogens with two attached hydrogens (primary N) is 1. The maximum Gasteiger partial charge on any atom is 0.330 e. The molecule has 4 N–H and O–H groups in total. The van der Waals surface area contributed by atoms with Gasteiger partial charge in [0.15, 0.2) is 0 Å². The lowest BCUT2D eigenvalue weighted by Crippen LogP contribution is -2.32. The topological polar surface area (TPSA) is 136 Å². The van der Waals surface area contributed by atoms with Gasteiger partial charge in [-0.2, -0.15) is 5.26 Å². The molecule has 3 unspecified atom stereocenters. The van der Waals surface area contributed by atoms with Gasteiger partial charge >= 0.3 is 8.60 Å². The largest absolute Gasteiger partial charge is 0.382 e. The molecule has 3 atom stereocenters. The quantitative estimate of drug-likeness (QED) is 0.0510. The van der Waals surface area contributed by atoms with Crippen LogP contribution in [-0.2, 0) is 31.5 Å². The fourth-order valence-electron chi connectivity index (χ4n) is 6.57. The molecule has 0 aliphatic carbocycles. The zero-order valence-corrected chi connectivity index (χ0v) is 33.5. The molecule has 1 aliphatic heterocycles. The smallest absolute Gasteiger partial charge is 0.330 e. The number of aromatic nitrogens is 1. The van der Waals surface area contributed by atoms with Crippen LogP contribution in [-0.4, -0.2) is 54.6 Å². The number of benzene rings is 1. The van der Waals surface area contributed by atoms with Crippen molar-refractivity contribution >= 4 is 26.0 Å². The first-order valence-electron chi connectivity index (χ1n) is 19.8. The molecule has 0 amide bonds. The number of rotatable bonds is 31. The van der Waals surface area contributed by atoms with Crippen LogP contribution in [0, 0.1) is 11.3 Å². The highest BCUT2D eigenvalue weighted by Crippen LogP contribution is 2.34. The molecule has 52 heavy (non-hydrogen) atoms. The molecule has 1 aromatic carbocycles. The molecule has 2 heterocycles. The van der Waals surface area contributed by atoms with Gasteiger partial charge < -0.3 is 34.6 Å². The monoisotopic (exact) mass is 761 g/mol. The van der Waals surface area contributed by atoms with Crippen molar-refractivity contribution in [2.24, 2.45) is 10.7 Å². The fourth-order valence-corrected chi connectivity index (χ4v) is 7.49. The van der Waals surface area contributed by atoms with E-state index in [9.17, 15) is 10.2 Å². The predicted octanol–water partition coefficient (Wildman–Crippen LogP) is 10.1. The Morgan fingerprint density at radius 1 is 0.885 bits per heavy atom. The normalized spacial score (nSPS) is 14.3. The molecule has 10 nitrogen and oxygen atoms in total. The molecule has 0 bridgehead atoms. The third-order valence-electron chi connectivity index (χ3n) is 9.70. The van der Waals surface area contributed by atoms with Crippen LogP contribution in [0.25, 0.3) is 0 Å². The summed E-state index contributed by atoms with van der Waals surface area (Å²) in [6.07, 6.45) is 24.4.